The minimum atomic E-state index is 0.260. The lowest BCUT2D eigenvalue weighted by molar-refractivity contribution is -0.690. The molecule has 6 nitrogen and oxygen atoms in total. The van der Waals surface area contributed by atoms with E-state index in [1.165, 1.54) is 50.1 Å². The average molecular weight is 676 g/mol. The number of imidazole rings is 3. The molecule has 0 radical (unpaired) electrons. The smallest absolute Gasteiger partial charge is 0.233 e. The first kappa shape index (κ1) is 34.0. The lowest BCUT2D eigenvalue weighted by Gasteiger charge is -2.20. The van der Waals surface area contributed by atoms with E-state index in [9.17, 15) is 0 Å². The van der Waals surface area contributed by atoms with Crippen molar-refractivity contribution in [3.05, 3.63) is 197 Å². The van der Waals surface area contributed by atoms with Crippen molar-refractivity contribution in [1.29, 1.82) is 0 Å². The first-order valence-electron chi connectivity index (χ1n) is 18.2. The normalized spacial score (nSPS) is 13.3. The van der Waals surface area contributed by atoms with Gasteiger partial charge in [-0.3, -0.25) is 0 Å². The first-order chi connectivity index (χ1) is 24.8. The number of hydrogen-bond donors (Lipinski definition) is 0. The number of benzene rings is 4. The van der Waals surface area contributed by atoms with Crippen LogP contribution in [0.4, 0.5) is 0 Å². The molecule has 7 rings (SSSR count). The van der Waals surface area contributed by atoms with Crippen molar-refractivity contribution in [2.45, 2.75) is 79.3 Å². The maximum absolute atomic E-state index is 2.34. The van der Waals surface area contributed by atoms with E-state index in [0.29, 0.717) is 0 Å². The molecule has 0 aliphatic rings. The van der Waals surface area contributed by atoms with Gasteiger partial charge in [0.25, 0.3) is 0 Å². The van der Waals surface area contributed by atoms with Crippen LogP contribution in [0.5, 0.6) is 0 Å². The molecule has 6 heteroatoms. The molecular weight excluding hydrogens is 625 g/mol. The van der Waals surface area contributed by atoms with Crippen LogP contribution in [0.25, 0.3) is 0 Å². The van der Waals surface area contributed by atoms with Crippen LogP contribution in [0.3, 0.4) is 0 Å². The van der Waals surface area contributed by atoms with Crippen LogP contribution in [-0.2, 0) is 19.6 Å². The summed E-state index contributed by atoms with van der Waals surface area (Å²) < 4.78 is 14.0. The van der Waals surface area contributed by atoms with Crippen molar-refractivity contribution in [2.24, 2.45) is 0 Å². The van der Waals surface area contributed by atoms with Gasteiger partial charge in [0.1, 0.15) is 74.9 Å². The molecule has 7 aromatic rings. The zero-order chi connectivity index (χ0) is 35.5. The minimum Gasteiger partial charge on any atom is -0.233 e. The van der Waals surface area contributed by atoms with E-state index in [1.807, 2.05) is 0 Å². The fourth-order valence-corrected chi connectivity index (χ4v) is 7.56. The van der Waals surface area contributed by atoms with E-state index in [1.54, 1.807) is 0 Å². The van der Waals surface area contributed by atoms with Crippen LogP contribution in [-0.4, -0.2) is 13.7 Å². The summed E-state index contributed by atoms with van der Waals surface area (Å²) in [5, 5.41) is 0. The monoisotopic (exact) mass is 675 g/mol. The average Bonchev–Trinajstić information content (AvgIpc) is 3.96. The van der Waals surface area contributed by atoms with Gasteiger partial charge in [0.2, 0.25) is 19.0 Å². The number of rotatable bonds is 12. The Balaban J connectivity index is 1.23. The molecule has 0 aliphatic carbocycles. The van der Waals surface area contributed by atoms with Crippen molar-refractivity contribution in [2.75, 3.05) is 0 Å². The highest BCUT2D eigenvalue weighted by Gasteiger charge is 2.24. The van der Waals surface area contributed by atoms with Gasteiger partial charge < -0.3 is 0 Å². The van der Waals surface area contributed by atoms with Crippen molar-refractivity contribution in [1.82, 2.24) is 13.7 Å². The van der Waals surface area contributed by atoms with E-state index in [4.69, 9.17) is 0 Å². The summed E-state index contributed by atoms with van der Waals surface area (Å²) in [6.45, 7) is 16.2. The predicted molar refractivity (Wildman–Crippen MR) is 203 cm³/mol. The molecule has 0 N–H and O–H groups in total. The molecule has 258 valence electrons. The van der Waals surface area contributed by atoms with E-state index in [2.05, 4.69) is 216 Å². The molecule has 0 aliphatic heterocycles. The highest BCUT2D eigenvalue weighted by Crippen LogP contribution is 2.28. The van der Waals surface area contributed by atoms with Gasteiger partial charge in [-0.25, -0.2) is 27.4 Å². The van der Waals surface area contributed by atoms with Crippen LogP contribution in [0.15, 0.2) is 147 Å². The Bertz CT molecular complexity index is 1930. The molecule has 0 amide bonds. The second-order valence-corrected chi connectivity index (χ2v) is 14.2. The molecule has 4 aromatic carbocycles. The second-order valence-electron chi connectivity index (χ2n) is 14.2. The Morgan fingerprint density at radius 3 is 0.922 bits per heavy atom. The van der Waals surface area contributed by atoms with E-state index in [0.717, 1.165) is 19.6 Å². The van der Waals surface area contributed by atoms with Gasteiger partial charge in [0.05, 0.1) is 0 Å². The SMILES string of the molecule is Cc1c(C[n+]2ccn([C@@H](C)c3ccccc3)c2)c(C)c(C[n+]2ccn([C@@H](C)c3ccccc3)c2)c(C)c1C[n+]1ccn([C@@H](C)c2ccccc2)c1. The molecule has 3 aromatic heterocycles. The lowest BCUT2D eigenvalue weighted by Crippen LogP contribution is -2.37. The molecular formula is C45H51N6+3. The fourth-order valence-electron chi connectivity index (χ4n) is 7.56. The minimum absolute atomic E-state index is 0.260. The van der Waals surface area contributed by atoms with Crippen LogP contribution in [0.1, 0.15) is 89.0 Å². The highest BCUT2D eigenvalue weighted by atomic mass is 15.1. The summed E-state index contributed by atoms with van der Waals surface area (Å²) in [5.74, 6) is 0. The van der Waals surface area contributed by atoms with Crippen molar-refractivity contribution < 1.29 is 13.7 Å². The third-order valence-corrected chi connectivity index (χ3v) is 11.1. The molecule has 0 saturated heterocycles. The number of aromatic nitrogens is 6. The van der Waals surface area contributed by atoms with Gasteiger partial charge in [-0.15, -0.1) is 0 Å². The topological polar surface area (TPSA) is 26.4 Å². The van der Waals surface area contributed by atoms with Crippen molar-refractivity contribution in [3.63, 3.8) is 0 Å². The Kier molecular flexibility index (Phi) is 9.85. The van der Waals surface area contributed by atoms with Crippen LogP contribution in [0.2, 0.25) is 0 Å². The van der Waals surface area contributed by atoms with Crippen LogP contribution < -0.4 is 13.7 Å². The fraction of sp³-hybridized carbons (Fsp3) is 0.267. The lowest BCUT2D eigenvalue weighted by atomic mass is 9.87. The second kappa shape index (κ2) is 14.8. The zero-order valence-corrected chi connectivity index (χ0v) is 30.9. The van der Waals surface area contributed by atoms with E-state index < -0.39 is 0 Å². The molecule has 0 unspecified atom stereocenters. The highest BCUT2D eigenvalue weighted by molar-refractivity contribution is 5.50. The summed E-state index contributed by atoms with van der Waals surface area (Å²) in [7, 11) is 0. The largest absolute Gasteiger partial charge is 0.244 e. The van der Waals surface area contributed by atoms with Crippen molar-refractivity contribution >= 4 is 0 Å². The van der Waals surface area contributed by atoms with Gasteiger partial charge in [0, 0.05) is 16.7 Å². The molecule has 0 bridgehead atoms. The van der Waals surface area contributed by atoms with Gasteiger partial charge in [-0.2, -0.15) is 0 Å². The maximum Gasteiger partial charge on any atom is 0.244 e. The van der Waals surface area contributed by atoms with Crippen molar-refractivity contribution in [3.8, 4) is 0 Å². The predicted octanol–water partition coefficient (Wildman–Crippen LogP) is 7.85. The van der Waals surface area contributed by atoms with Gasteiger partial charge in [0.15, 0.2) is 0 Å². The summed E-state index contributed by atoms with van der Waals surface area (Å²) in [5.41, 5.74) is 12.3. The van der Waals surface area contributed by atoms with Gasteiger partial charge in [-0.05, 0) is 74.9 Å². The standard InChI is InChI=1S/C45H51N6/c1-34-43(28-46-22-25-49(31-46)37(4)40-16-10-7-11-17-40)35(2)45(30-48-24-27-51(33-48)39(6)42-20-14-9-15-21-42)36(3)44(34)29-47-23-26-50(32-47)38(5)41-18-12-8-13-19-41/h7-27,31-33,37-39H,28-30H2,1-6H3/q+3/t37-,38-,39-/m0/s1. The summed E-state index contributed by atoms with van der Waals surface area (Å²) >= 11 is 0. The third-order valence-electron chi connectivity index (χ3n) is 11.1. The van der Waals surface area contributed by atoms with Gasteiger partial charge >= 0.3 is 0 Å². The first-order valence-corrected chi connectivity index (χ1v) is 18.2. The van der Waals surface area contributed by atoms with Gasteiger partial charge in [-0.1, -0.05) is 91.0 Å². The zero-order valence-electron chi connectivity index (χ0n) is 30.9. The number of hydrogen-bond acceptors (Lipinski definition) is 0. The molecule has 0 fully saturated rings. The molecule has 3 atom stereocenters. The Morgan fingerprint density at radius 1 is 0.412 bits per heavy atom. The van der Waals surface area contributed by atoms with E-state index in [-0.39, 0.29) is 18.1 Å². The summed E-state index contributed by atoms with van der Waals surface area (Å²) in [6.07, 6.45) is 20.1. The van der Waals surface area contributed by atoms with Crippen LogP contribution in [0, 0.1) is 20.8 Å². The summed E-state index contributed by atoms with van der Waals surface area (Å²) in [4.78, 5) is 0. The van der Waals surface area contributed by atoms with Crippen LogP contribution >= 0.6 is 0 Å². The Labute approximate surface area is 303 Å². The molecule has 3 heterocycles. The van der Waals surface area contributed by atoms with E-state index >= 15 is 0 Å². The molecule has 0 spiro atoms. The quantitative estimate of drug-likeness (QED) is 0.118. The molecule has 0 saturated carbocycles. The Morgan fingerprint density at radius 2 is 0.667 bits per heavy atom. The number of nitrogens with zero attached hydrogens (tertiary/aromatic N) is 6. The maximum atomic E-state index is 2.34. The third kappa shape index (κ3) is 7.23. The molecule has 51 heavy (non-hydrogen) atoms. The Hall–Kier alpha value is -5.49. The summed E-state index contributed by atoms with van der Waals surface area (Å²) in [6, 6.07) is 33.0.